The summed E-state index contributed by atoms with van der Waals surface area (Å²) in [4.78, 5) is 2.55. The molecule has 0 radical (unpaired) electrons. The third-order valence-electron chi connectivity index (χ3n) is 8.37. The van der Waals surface area contributed by atoms with Crippen molar-refractivity contribution in [3.63, 3.8) is 0 Å². The fourth-order valence-corrected chi connectivity index (χ4v) is 6.76. The molecule has 172 valence electrons. The predicted molar refractivity (Wildman–Crippen MR) is 114 cm³/mol. The van der Waals surface area contributed by atoms with Gasteiger partial charge in [0.1, 0.15) is 6.10 Å². The fraction of sp³-hybridized carbons (Fsp3) is 1.00. The van der Waals surface area contributed by atoms with E-state index < -0.39 is 6.10 Å². The fourth-order valence-electron chi connectivity index (χ4n) is 6.76. The summed E-state index contributed by atoms with van der Waals surface area (Å²) in [5, 5.41) is 29.5. The number of aliphatic hydroxyl groups excluding tert-OH is 2. The van der Waals surface area contributed by atoms with Gasteiger partial charge in [0.05, 0.1) is 31.2 Å². The third kappa shape index (κ3) is 4.30. The van der Waals surface area contributed by atoms with Crippen molar-refractivity contribution in [1.29, 1.82) is 0 Å². The van der Waals surface area contributed by atoms with Crippen molar-refractivity contribution in [3.05, 3.63) is 0 Å². The van der Waals surface area contributed by atoms with E-state index in [9.17, 15) is 10.2 Å². The Morgan fingerprint density at radius 2 is 1.90 bits per heavy atom. The van der Waals surface area contributed by atoms with Crippen LogP contribution in [0.15, 0.2) is 0 Å². The van der Waals surface area contributed by atoms with Gasteiger partial charge >= 0.3 is 0 Å². The summed E-state index contributed by atoms with van der Waals surface area (Å²) in [6, 6.07) is 1.06. The average Bonchev–Trinajstić information content (AvgIpc) is 3.49. The normalized spacial score (nSPS) is 46.9. The molecule has 0 spiro atoms. The zero-order valence-electron chi connectivity index (χ0n) is 18.4. The van der Waals surface area contributed by atoms with Gasteiger partial charge in [-0.15, -0.1) is 0 Å². The maximum Gasteiger partial charge on any atom is 0.106 e. The van der Waals surface area contributed by atoms with Crippen LogP contribution in [0.4, 0.5) is 0 Å². The van der Waals surface area contributed by atoms with E-state index >= 15 is 0 Å². The number of ether oxygens (including phenoxy) is 1. The van der Waals surface area contributed by atoms with Gasteiger partial charge in [0.25, 0.3) is 0 Å². The van der Waals surface area contributed by atoms with E-state index in [1.165, 1.54) is 32.1 Å². The van der Waals surface area contributed by atoms with Crippen LogP contribution in [0.2, 0.25) is 0 Å². The zero-order valence-corrected chi connectivity index (χ0v) is 18.4. The molecule has 5 rings (SSSR count). The topological polar surface area (TPSA) is 92.3 Å². The molecule has 8 heteroatoms. The molecule has 9 atom stereocenters. The first-order valence-electron chi connectivity index (χ1n) is 12.3. The molecule has 4 heterocycles. The number of hydrogen-bond donors (Lipinski definition) is 5. The van der Waals surface area contributed by atoms with Crippen LogP contribution in [0, 0.1) is 11.8 Å². The first kappa shape index (κ1) is 21.5. The number of rotatable bonds is 5. The predicted octanol–water partition coefficient (Wildman–Crippen LogP) is 0.169. The highest BCUT2D eigenvalue weighted by Gasteiger charge is 2.46. The third-order valence-corrected chi connectivity index (χ3v) is 8.37. The molecule has 5 fully saturated rings. The molecule has 30 heavy (non-hydrogen) atoms. The smallest absolute Gasteiger partial charge is 0.106 e. The van der Waals surface area contributed by atoms with Crippen LogP contribution in [0.25, 0.3) is 0 Å². The van der Waals surface area contributed by atoms with E-state index in [1.54, 1.807) is 0 Å². The van der Waals surface area contributed by atoms with Gasteiger partial charge < -0.3 is 14.9 Å². The van der Waals surface area contributed by atoms with Crippen LogP contribution in [-0.4, -0.2) is 89.2 Å². The molecule has 0 bridgehead atoms. The molecular weight excluding hydrogens is 382 g/mol. The second kappa shape index (κ2) is 9.27. The Morgan fingerprint density at radius 1 is 1.03 bits per heavy atom. The number of hydrogen-bond acceptors (Lipinski definition) is 8. The highest BCUT2D eigenvalue weighted by Crippen LogP contribution is 2.35. The Bertz CT molecular complexity index is 583. The number of likely N-dealkylation sites (tertiary alicyclic amines) is 1. The molecular formula is C22H41N5O3. The summed E-state index contributed by atoms with van der Waals surface area (Å²) < 4.78 is 5.91. The van der Waals surface area contributed by atoms with Crippen molar-refractivity contribution >= 4 is 0 Å². The van der Waals surface area contributed by atoms with Gasteiger partial charge in [-0.2, -0.15) is 0 Å². The Kier molecular flexibility index (Phi) is 6.65. The lowest BCUT2D eigenvalue weighted by Crippen LogP contribution is -2.71. The van der Waals surface area contributed by atoms with Crippen LogP contribution >= 0.6 is 0 Å². The van der Waals surface area contributed by atoms with Crippen molar-refractivity contribution in [2.75, 3.05) is 26.3 Å². The SMILES string of the molecule is CC1CCCC(C2CCN(C3CC(N4CC[C@H]5OCC[C@H]54)NC(C(O)CO)N3)N2)C1. The van der Waals surface area contributed by atoms with Gasteiger partial charge in [-0.25, -0.2) is 5.01 Å². The van der Waals surface area contributed by atoms with Gasteiger partial charge in [0.15, 0.2) is 0 Å². The molecule has 0 amide bonds. The summed E-state index contributed by atoms with van der Waals surface area (Å²) in [7, 11) is 0. The van der Waals surface area contributed by atoms with Crippen LogP contribution in [0.5, 0.6) is 0 Å². The molecule has 4 aliphatic heterocycles. The molecule has 1 aliphatic carbocycles. The van der Waals surface area contributed by atoms with Gasteiger partial charge in [-0.3, -0.25) is 21.0 Å². The van der Waals surface area contributed by atoms with Gasteiger partial charge in [-0.05, 0) is 43.9 Å². The molecule has 0 aromatic heterocycles. The minimum atomic E-state index is -0.814. The lowest BCUT2D eigenvalue weighted by molar-refractivity contribution is -0.0361. The monoisotopic (exact) mass is 423 g/mol. The van der Waals surface area contributed by atoms with Crippen molar-refractivity contribution in [2.45, 2.75) is 101 Å². The molecule has 5 aliphatic rings. The number of nitrogens with one attached hydrogen (secondary N) is 3. The first-order chi connectivity index (χ1) is 14.6. The summed E-state index contributed by atoms with van der Waals surface area (Å²) in [5.41, 5.74) is 3.84. The minimum Gasteiger partial charge on any atom is -0.394 e. The standard InChI is InChI=1S/C22H41N5O3/c1-14-3-2-4-15(11-14)16-5-9-27(25-16)21-12-20(23-22(24-21)18(29)13-28)26-8-6-19-17(26)7-10-30-19/h14-25,28-29H,2-13H2,1H3/t14?,15?,16?,17-,18?,19-,20?,21?,22?/m1/s1. The van der Waals surface area contributed by atoms with Gasteiger partial charge in [0, 0.05) is 38.2 Å². The molecule has 1 saturated carbocycles. The maximum absolute atomic E-state index is 10.4. The quantitative estimate of drug-likeness (QED) is 0.428. The van der Waals surface area contributed by atoms with Crippen molar-refractivity contribution in [3.8, 4) is 0 Å². The van der Waals surface area contributed by atoms with E-state index in [0.29, 0.717) is 18.2 Å². The summed E-state index contributed by atoms with van der Waals surface area (Å²) in [6.07, 6.45) is 9.36. The van der Waals surface area contributed by atoms with Gasteiger partial charge in [-0.1, -0.05) is 19.8 Å². The van der Waals surface area contributed by atoms with Crippen LogP contribution in [0.1, 0.15) is 58.3 Å². The Labute approximate surface area is 180 Å². The van der Waals surface area contributed by atoms with Crippen molar-refractivity contribution < 1.29 is 14.9 Å². The summed E-state index contributed by atoms with van der Waals surface area (Å²) in [5.74, 6) is 1.63. The van der Waals surface area contributed by atoms with E-state index in [-0.39, 0.29) is 25.1 Å². The van der Waals surface area contributed by atoms with Crippen LogP contribution in [0.3, 0.4) is 0 Å². The molecule has 7 unspecified atom stereocenters. The highest BCUT2D eigenvalue weighted by atomic mass is 16.5. The lowest BCUT2D eigenvalue weighted by atomic mass is 9.78. The number of hydrazine groups is 1. The second-order valence-electron chi connectivity index (χ2n) is 10.4. The van der Waals surface area contributed by atoms with E-state index in [4.69, 9.17) is 4.74 Å². The lowest BCUT2D eigenvalue weighted by Gasteiger charge is -2.46. The molecule has 0 aromatic carbocycles. The van der Waals surface area contributed by atoms with E-state index in [0.717, 1.165) is 50.8 Å². The van der Waals surface area contributed by atoms with Crippen LogP contribution < -0.4 is 16.1 Å². The Morgan fingerprint density at radius 3 is 2.73 bits per heavy atom. The second-order valence-corrected chi connectivity index (χ2v) is 10.4. The Balaban J connectivity index is 1.25. The Hall–Kier alpha value is -0.320. The summed E-state index contributed by atoms with van der Waals surface area (Å²) in [6.45, 7) is 5.09. The van der Waals surface area contributed by atoms with E-state index in [2.05, 4.69) is 32.9 Å². The average molecular weight is 424 g/mol. The van der Waals surface area contributed by atoms with Gasteiger partial charge in [0.2, 0.25) is 0 Å². The highest BCUT2D eigenvalue weighted by molar-refractivity contribution is 4.99. The molecule has 8 nitrogen and oxygen atoms in total. The van der Waals surface area contributed by atoms with Crippen molar-refractivity contribution in [2.24, 2.45) is 11.8 Å². The molecule has 4 saturated heterocycles. The summed E-state index contributed by atoms with van der Waals surface area (Å²) >= 11 is 0. The maximum atomic E-state index is 10.4. The number of aliphatic hydroxyl groups is 2. The molecule has 5 N–H and O–H groups in total. The first-order valence-corrected chi connectivity index (χ1v) is 12.3. The number of fused-ring (bicyclic) bond motifs is 1. The largest absolute Gasteiger partial charge is 0.394 e. The zero-order chi connectivity index (χ0) is 20.7. The minimum absolute atomic E-state index is 0.148. The van der Waals surface area contributed by atoms with Crippen molar-refractivity contribution in [1.82, 2.24) is 26.0 Å². The molecule has 0 aromatic rings. The number of nitrogens with zero attached hydrogens (tertiary/aromatic N) is 2. The van der Waals surface area contributed by atoms with Crippen LogP contribution in [-0.2, 0) is 4.74 Å². The van der Waals surface area contributed by atoms with E-state index in [1.807, 2.05) is 0 Å².